The number of pyridine rings is 2. The maximum Gasteiger partial charge on any atom is 0.407 e. The second-order valence-corrected chi connectivity index (χ2v) is 12.1. The lowest BCUT2D eigenvalue weighted by atomic mass is 9.97. The molecule has 0 bridgehead atoms. The van der Waals surface area contributed by atoms with Gasteiger partial charge in [-0.15, -0.1) is 0 Å². The second kappa shape index (κ2) is 14.2. The molecule has 11 nitrogen and oxygen atoms in total. The Kier molecular flexibility index (Phi) is 9.83. The van der Waals surface area contributed by atoms with Gasteiger partial charge in [0.25, 0.3) is 5.56 Å². The summed E-state index contributed by atoms with van der Waals surface area (Å²) in [6.07, 6.45) is 2.05. The van der Waals surface area contributed by atoms with Gasteiger partial charge in [-0.1, -0.05) is 71.2 Å². The quantitative estimate of drug-likeness (QED) is 0.157. The number of hydrogen-bond donors (Lipinski definition) is 3. The summed E-state index contributed by atoms with van der Waals surface area (Å²) in [6, 6.07) is 17.9. The van der Waals surface area contributed by atoms with Crippen molar-refractivity contribution in [1.29, 1.82) is 0 Å². The van der Waals surface area contributed by atoms with Gasteiger partial charge in [-0.2, -0.15) is 0 Å². The van der Waals surface area contributed by atoms with Crippen molar-refractivity contribution in [3.63, 3.8) is 0 Å². The Labute approximate surface area is 289 Å². The summed E-state index contributed by atoms with van der Waals surface area (Å²) in [6.45, 7) is -0.321. The van der Waals surface area contributed by atoms with Crippen LogP contribution in [0.3, 0.4) is 0 Å². The Bertz CT molecular complexity index is 2120. The minimum absolute atomic E-state index is 0.0159. The number of alkyl carbamates (subject to hydrolysis) is 1. The van der Waals surface area contributed by atoms with E-state index in [1.807, 2.05) is 36.4 Å². The molecule has 1 aliphatic rings. The van der Waals surface area contributed by atoms with Crippen LogP contribution in [-0.4, -0.2) is 51.2 Å². The van der Waals surface area contributed by atoms with Gasteiger partial charge >= 0.3 is 6.09 Å². The lowest BCUT2D eigenvalue weighted by Crippen LogP contribution is -2.38. The second-order valence-electron chi connectivity index (χ2n) is 10.9. The fourth-order valence-electron chi connectivity index (χ4n) is 5.49. The Morgan fingerprint density at radius 2 is 1.71 bits per heavy atom. The molecule has 3 aromatic heterocycles. The Morgan fingerprint density at radius 3 is 2.40 bits per heavy atom. The Hall–Kier alpha value is -4.68. The number of hydrogen-bond acceptors (Lipinski definition) is 8. The number of nitrogens with zero attached hydrogens (tertiary/aromatic N) is 3. The number of aliphatic hydroxyl groups is 1. The number of aliphatic hydroxyl groups excluding tert-OH is 1. The van der Waals surface area contributed by atoms with Gasteiger partial charge in [0.2, 0.25) is 11.8 Å². The van der Waals surface area contributed by atoms with Crippen molar-refractivity contribution in [2.75, 3.05) is 13.7 Å². The molecule has 4 heterocycles. The molecule has 1 fully saturated rings. The number of carbonyl (C=O) groups is 2. The van der Waals surface area contributed by atoms with Gasteiger partial charge in [-0.25, -0.2) is 14.8 Å². The van der Waals surface area contributed by atoms with Crippen molar-refractivity contribution in [3.8, 4) is 39.4 Å². The average Bonchev–Trinajstić information content (AvgIpc) is 3.51. The molecule has 3 N–H and O–H groups in total. The van der Waals surface area contributed by atoms with Crippen molar-refractivity contribution in [2.24, 2.45) is 0 Å². The van der Waals surface area contributed by atoms with Crippen LogP contribution in [0, 0.1) is 0 Å². The minimum atomic E-state index is -0.620. The first-order chi connectivity index (χ1) is 23.2. The molecule has 48 heavy (non-hydrogen) atoms. The molecule has 0 saturated carbocycles. The molecule has 6 rings (SSSR count). The fraction of sp³-hybridized carbons (Fsp3) is 0.206. The van der Waals surface area contributed by atoms with Gasteiger partial charge in [-0.3, -0.25) is 14.0 Å². The average molecular weight is 709 g/mol. The van der Waals surface area contributed by atoms with Crippen LogP contribution in [0.4, 0.5) is 4.79 Å². The van der Waals surface area contributed by atoms with Crippen molar-refractivity contribution in [3.05, 3.63) is 104 Å². The molecule has 1 atom stereocenters. The van der Waals surface area contributed by atoms with Crippen LogP contribution >= 0.6 is 34.8 Å². The molecule has 246 valence electrons. The number of nitrogens with one attached hydrogen (secondary N) is 2. The largest absolute Gasteiger partial charge is 0.481 e. The normalized spacial score (nSPS) is 14.2. The van der Waals surface area contributed by atoms with E-state index in [0.717, 1.165) is 0 Å². The van der Waals surface area contributed by atoms with E-state index in [4.69, 9.17) is 44.3 Å². The molecule has 1 aliphatic heterocycles. The van der Waals surface area contributed by atoms with Gasteiger partial charge in [0.1, 0.15) is 17.4 Å². The van der Waals surface area contributed by atoms with Gasteiger partial charge in [0.15, 0.2) is 0 Å². The number of fused-ring (bicyclic) bond motifs is 1. The molecule has 5 aromatic rings. The summed E-state index contributed by atoms with van der Waals surface area (Å²) in [5.41, 5.74) is 4.27. The Balaban J connectivity index is 1.25. The molecule has 2 amide bonds. The van der Waals surface area contributed by atoms with Crippen LogP contribution in [0.5, 0.6) is 5.88 Å². The summed E-state index contributed by atoms with van der Waals surface area (Å²) in [5.74, 6) is 0.234. The van der Waals surface area contributed by atoms with Crippen molar-refractivity contribution < 1.29 is 24.2 Å². The first kappa shape index (κ1) is 33.2. The predicted octanol–water partition coefficient (Wildman–Crippen LogP) is 6.06. The SMILES string of the molecule is COc1nc(-c2cccc(-c3cccc(-c4ccn5c(=O)c(CO)c(Cl)nc5c4)c3Cl)c2Cl)ccc1COC(=O)NCC1CCC(=O)N1. The van der Waals surface area contributed by atoms with Crippen LogP contribution in [0.15, 0.2) is 71.7 Å². The molecular weight excluding hydrogens is 681 g/mol. The van der Waals surface area contributed by atoms with E-state index in [1.54, 1.807) is 30.5 Å². The van der Waals surface area contributed by atoms with E-state index < -0.39 is 18.3 Å². The number of rotatable bonds is 9. The van der Waals surface area contributed by atoms with Crippen molar-refractivity contribution >= 4 is 52.5 Å². The third kappa shape index (κ3) is 6.67. The van der Waals surface area contributed by atoms with Crippen molar-refractivity contribution in [2.45, 2.75) is 32.1 Å². The maximum atomic E-state index is 12.7. The third-order valence-electron chi connectivity index (χ3n) is 7.97. The highest BCUT2D eigenvalue weighted by atomic mass is 35.5. The highest BCUT2D eigenvalue weighted by Gasteiger charge is 2.22. The number of carbonyl (C=O) groups excluding carboxylic acids is 2. The maximum absolute atomic E-state index is 12.7. The van der Waals surface area contributed by atoms with Gasteiger partial charge < -0.3 is 25.2 Å². The number of benzene rings is 2. The highest BCUT2D eigenvalue weighted by molar-refractivity contribution is 6.39. The first-order valence-electron chi connectivity index (χ1n) is 14.8. The number of methoxy groups -OCH3 is 1. The van der Waals surface area contributed by atoms with Crippen LogP contribution in [0.2, 0.25) is 15.2 Å². The van der Waals surface area contributed by atoms with Gasteiger partial charge in [-0.05, 0) is 36.2 Å². The lowest BCUT2D eigenvalue weighted by molar-refractivity contribution is -0.119. The van der Waals surface area contributed by atoms with Crippen LogP contribution < -0.4 is 20.9 Å². The van der Waals surface area contributed by atoms with Crippen LogP contribution in [-0.2, 0) is 22.7 Å². The van der Waals surface area contributed by atoms with E-state index in [2.05, 4.69) is 20.6 Å². The molecule has 2 aromatic carbocycles. The number of aromatic nitrogens is 3. The van der Waals surface area contributed by atoms with E-state index in [0.29, 0.717) is 67.6 Å². The molecule has 0 spiro atoms. The number of ether oxygens (including phenoxy) is 2. The summed E-state index contributed by atoms with van der Waals surface area (Å²) in [4.78, 5) is 45.2. The summed E-state index contributed by atoms with van der Waals surface area (Å²) in [7, 11) is 1.47. The molecule has 14 heteroatoms. The van der Waals surface area contributed by atoms with E-state index >= 15 is 0 Å². The van der Waals surface area contributed by atoms with Crippen LogP contribution in [0.25, 0.3) is 39.2 Å². The molecule has 1 saturated heterocycles. The zero-order chi connectivity index (χ0) is 33.9. The molecule has 1 unspecified atom stereocenters. The topological polar surface area (TPSA) is 144 Å². The molecule has 0 radical (unpaired) electrons. The zero-order valence-electron chi connectivity index (χ0n) is 25.4. The van der Waals surface area contributed by atoms with E-state index in [-0.39, 0.29) is 41.7 Å². The van der Waals surface area contributed by atoms with Gasteiger partial charge in [0, 0.05) is 47.5 Å². The van der Waals surface area contributed by atoms with Crippen molar-refractivity contribution in [1.82, 2.24) is 25.0 Å². The van der Waals surface area contributed by atoms with Gasteiger partial charge in [0.05, 0.1) is 40.6 Å². The smallest absolute Gasteiger partial charge is 0.407 e. The van der Waals surface area contributed by atoms with Crippen LogP contribution in [0.1, 0.15) is 24.0 Å². The summed E-state index contributed by atoms with van der Waals surface area (Å²) < 4.78 is 12.2. The first-order valence-corrected chi connectivity index (χ1v) is 16.0. The number of amides is 2. The Morgan fingerprint density at radius 1 is 1.00 bits per heavy atom. The van der Waals surface area contributed by atoms with E-state index in [1.165, 1.54) is 11.5 Å². The number of halogens is 3. The minimum Gasteiger partial charge on any atom is -0.481 e. The predicted molar refractivity (Wildman–Crippen MR) is 182 cm³/mol. The third-order valence-corrected chi connectivity index (χ3v) is 9.10. The lowest BCUT2D eigenvalue weighted by Gasteiger charge is -2.15. The molecular formula is C34H28Cl3N5O6. The highest BCUT2D eigenvalue weighted by Crippen LogP contribution is 2.42. The zero-order valence-corrected chi connectivity index (χ0v) is 27.7. The molecule has 0 aliphatic carbocycles. The fourth-order valence-corrected chi connectivity index (χ4v) is 6.37. The summed E-state index contributed by atoms with van der Waals surface area (Å²) >= 11 is 20.1. The summed E-state index contributed by atoms with van der Waals surface area (Å²) in [5, 5.41) is 15.7. The standard InChI is InChI=1S/C34H28Cl3N5O6/c1-47-32-19(17-48-34(46)38-15-20-9-11-28(44)39-20)8-10-26(40-32)24-7-3-6-23(30(24)36)22-5-2-4-21(29(22)35)18-12-13-42-27(14-18)41-31(37)25(16-43)33(42)45/h2-8,10,12-14,20,43H,9,11,15-17H2,1H3,(H,38,46)(H,39,44). The monoisotopic (exact) mass is 707 g/mol. The van der Waals surface area contributed by atoms with E-state index in [9.17, 15) is 19.5 Å².